The highest BCUT2D eigenvalue weighted by molar-refractivity contribution is 6.24. The molecule has 0 aliphatic carbocycles. The Morgan fingerprint density at radius 3 is 2.37 bits per heavy atom. The van der Waals surface area contributed by atoms with Crippen LogP contribution < -0.4 is 9.96 Å². The van der Waals surface area contributed by atoms with Crippen molar-refractivity contribution in [2.24, 2.45) is 5.92 Å². The van der Waals surface area contributed by atoms with Gasteiger partial charge in [-0.25, -0.2) is 9.96 Å². The summed E-state index contributed by atoms with van der Waals surface area (Å²) in [4.78, 5) is 33.8. The van der Waals surface area contributed by atoms with Crippen LogP contribution in [0.5, 0.6) is 0 Å². The number of benzene rings is 2. The lowest BCUT2D eigenvalue weighted by Crippen LogP contribution is -2.40. The van der Waals surface area contributed by atoms with Gasteiger partial charge >= 0.3 is 0 Å². The number of hydrogen-bond acceptors (Lipinski definition) is 4. The third-order valence-corrected chi connectivity index (χ3v) is 5.46. The molecule has 2 aliphatic rings. The minimum Gasteiger partial charge on any atom is -0.273 e. The van der Waals surface area contributed by atoms with E-state index in [-0.39, 0.29) is 17.9 Å². The molecule has 0 spiro atoms. The van der Waals surface area contributed by atoms with Crippen LogP contribution in [0.2, 0.25) is 0 Å². The van der Waals surface area contributed by atoms with E-state index in [1.165, 1.54) is 4.90 Å². The monoisotopic (exact) mass is 364 g/mol. The zero-order valence-corrected chi connectivity index (χ0v) is 15.7. The number of unbranched alkanes of at least 4 members (excludes halogenated alkanes) is 1. The van der Waals surface area contributed by atoms with Gasteiger partial charge in [0.25, 0.3) is 5.91 Å². The van der Waals surface area contributed by atoms with Crippen LogP contribution in [0.15, 0.2) is 54.6 Å². The standard InChI is InChI=1S/C22H24N2O3/c1-3-4-13-18-19-20(27-24(18)16-11-6-5-7-12-16)22(26)23(21(19)25)17-14-9-8-10-15(17)2/h5-12,14,18-20H,3-4,13H2,1-2H3/t18-,19-,20+/m1/s1. The number of hydrogen-bond donors (Lipinski definition) is 0. The lowest BCUT2D eigenvalue weighted by molar-refractivity contribution is -0.126. The first-order valence-corrected chi connectivity index (χ1v) is 9.58. The average molecular weight is 364 g/mol. The van der Waals surface area contributed by atoms with E-state index in [1.54, 1.807) is 5.06 Å². The number of aryl methyl sites for hydroxylation is 1. The molecule has 3 atom stereocenters. The second-order valence-electron chi connectivity index (χ2n) is 7.22. The second-order valence-corrected chi connectivity index (χ2v) is 7.22. The average Bonchev–Trinajstić information content (AvgIpc) is 3.18. The summed E-state index contributed by atoms with van der Waals surface area (Å²) in [5.74, 6) is -0.887. The highest BCUT2D eigenvalue weighted by atomic mass is 16.7. The van der Waals surface area contributed by atoms with Gasteiger partial charge in [-0.3, -0.25) is 14.4 Å². The van der Waals surface area contributed by atoms with Crippen molar-refractivity contribution in [3.8, 4) is 0 Å². The van der Waals surface area contributed by atoms with Crippen LogP contribution >= 0.6 is 0 Å². The van der Waals surface area contributed by atoms with E-state index in [0.717, 1.165) is 30.5 Å². The largest absolute Gasteiger partial charge is 0.273 e. The van der Waals surface area contributed by atoms with Crippen LogP contribution in [0.1, 0.15) is 31.7 Å². The molecular weight excluding hydrogens is 340 g/mol. The molecule has 0 aromatic heterocycles. The molecule has 0 radical (unpaired) electrons. The molecule has 0 saturated carbocycles. The minimum atomic E-state index is -0.751. The molecule has 27 heavy (non-hydrogen) atoms. The molecule has 2 aliphatic heterocycles. The molecule has 2 saturated heterocycles. The molecule has 5 heteroatoms. The maximum atomic E-state index is 13.3. The zero-order chi connectivity index (χ0) is 19.0. The number of hydroxylamine groups is 1. The van der Waals surface area contributed by atoms with Crippen molar-refractivity contribution in [1.29, 1.82) is 0 Å². The summed E-state index contributed by atoms with van der Waals surface area (Å²) in [5.41, 5.74) is 2.45. The van der Waals surface area contributed by atoms with Gasteiger partial charge in [0.2, 0.25) is 5.91 Å². The number of carbonyl (C=O) groups is 2. The maximum absolute atomic E-state index is 13.3. The van der Waals surface area contributed by atoms with Gasteiger partial charge in [0, 0.05) is 0 Å². The fourth-order valence-electron chi connectivity index (χ4n) is 4.08. The molecule has 2 aromatic carbocycles. The first kappa shape index (κ1) is 17.7. The van der Waals surface area contributed by atoms with Crippen LogP contribution in [-0.4, -0.2) is 24.0 Å². The molecule has 2 aromatic rings. The molecule has 0 bridgehead atoms. The van der Waals surface area contributed by atoms with E-state index >= 15 is 0 Å². The predicted molar refractivity (Wildman–Crippen MR) is 104 cm³/mol. The van der Waals surface area contributed by atoms with Crippen molar-refractivity contribution in [3.05, 3.63) is 60.2 Å². The topological polar surface area (TPSA) is 49.9 Å². The van der Waals surface area contributed by atoms with E-state index in [1.807, 2.05) is 61.5 Å². The molecule has 0 N–H and O–H groups in total. The van der Waals surface area contributed by atoms with Gasteiger partial charge in [0.15, 0.2) is 6.10 Å². The van der Waals surface area contributed by atoms with Gasteiger partial charge in [-0.15, -0.1) is 0 Å². The fraction of sp³-hybridized carbons (Fsp3) is 0.364. The number of amides is 2. The summed E-state index contributed by atoms with van der Waals surface area (Å²) >= 11 is 0. The first-order valence-electron chi connectivity index (χ1n) is 9.58. The normalized spacial score (nSPS) is 24.6. The summed E-state index contributed by atoms with van der Waals surface area (Å²) in [6, 6.07) is 17.1. The van der Waals surface area contributed by atoms with Crippen LogP contribution in [0.3, 0.4) is 0 Å². The van der Waals surface area contributed by atoms with Crippen molar-refractivity contribution in [1.82, 2.24) is 0 Å². The first-order chi connectivity index (χ1) is 13.1. The van der Waals surface area contributed by atoms with E-state index in [9.17, 15) is 9.59 Å². The SMILES string of the molecule is CCCC[C@@H]1[C@H]2C(=O)N(c3ccccc3C)C(=O)[C@H]2ON1c1ccccc1. The fourth-order valence-corrected chi connectivity index (χ4v) is 4.08. The van der Waals surface area contributed by atoms with E-state index in [4.69, 9.17) is 4.84 Å². The Hall–Kier alpha value is -2.66. The van der Waals surface area contributed by atoms with Gasteiger partial charge in [0.1, 0.15) is 0 Å². The van der Waals surface area contributed by atoms with Crippen molar-refractivity contribution < 1.29 is 14.4 Å². The summed E-state index contributed by atoms with van der Waals surface area (Å²) in [6.07, 6.45) is 2.07. The molecule has 2 amide bonds. The Kier molecular flexibility index (Phi) is 4.70. The lowest BCUT2D eigenvalue weighted by Gasteiger charge is -2.28. The number of para-hydroxylation sites is 2. The van der Waals surface area contributed by atoms with Crippen molar-refractivity contribution in [3.63, 3.8) is 0 Å². The quantitative estimate of drug-likeness (QED) is 0.756. The number of carbonyl (C=O) groups excluding carboxylic acids is 2. The Morgan fingerprint density at radius 2 is 1.67 bits per heavy atom. The summed E-state index contributed by atoms with van der Waals surface area (Å²) in [5, 5.41) is 1.79. The Bertz CT molecular complexity index is 852. The number of nitrogens with zero attached hydrogens (tertiary/aromatic N) is 2. The molecule has 2 fully saturated rings. The molecule has 4 rings (SSSR count). The van der Waals surface area contributed by atoms with Gasteiger partial charge in [-0.2, -0.15) is 0 Å². The molecule has 5 nitrogen and oxygen atoms in total. The number of imide groups is 1. The molecular formula is C22H24N2O3. The van der Waals surface area contributed by atoms with Crippen LogP contribution in [0.4, 0.5) is 11.4 Å². The summed E-state index contributed by atoms with van der Waals surface area (Å²) in [7, 11) is 0. The zero-order valence-electron chi connectivity index (χ0n) is 15.7. The third-order valence-electron chi connectivity index (χ3n) is 5.46. The number of rotatable bonds is 5. The van der Waals surface area contributed by atoms with Crippen LogP contribution in [0, 0.1) is 12.8 Å². The smallest absolute Gasteiger partial charge is 0.266 e. The Labute approximate surface area is 159 Å². The van der Waals surface area contributed by atoms with Gasteiger partial charge in [0.05, 0.1) is 23.3 Å². The van der Waals surface area contributed by atoms with E-state index < -0.39 is 12.0 Å². The minimum absolute atomic E-state index is 0.136. The highest BCUT2D eigenvalue weighted by Crippen LogP contribution is 2.42. The van der Waals surface area contributed by atoms with Gasteiger partial charge in [-0.05, 0) is 37.1 Å². The third kappa shape index (κ3) is 2.92. The maximum Gasteiger partial charge on any atom is 0.266 e. The summed E-state index contributed by atoms with van der Waals surface area (Å²) < 4.78 is 0. The molecule has 0 unspecified atom stereocenters. The predicted octanol–water partition coefficient (Wildman–Crippen LogP) is 3.86. The van der Waals surface area contributed by atoms with Crippen molar-refractivity contribution in [2.45, 2.75) is 45.3 Å². The number of anilines is 2. The molecule has 140 valence electrons. The van der Waals surface area contributed by atoms with Crippen molar-refractivity contribution in [2.75, 3.05) is 9.96 Å². The van der Waals surface area contributed by atoms with Gasteiger partial charge < -0.3 is 0 Å². The van der Waals surface area contributed by atoms with E-state index in [2.05, 4.69) is 6.92 Å². The number of fused-ring (bicyclic) bond motifs is 1. The van der Waals surface area contributed by atoms with E-state index in [0.29, 0.717) is 5.69 Å². The summed E-state index contributed by atoms with van der Waals surface area (Å²) in [6.45, 7) is 4.04. The van der Waals surface area contributed by atoms with Gasteiger partial charge in [-0.1, -0.05) is 56.2 Å². The molecule has 2 heterocycles. The Balaban J connectivity index is 1.69. The van der Waals surface area contributed by atoms with Crippen LogP contribution in [0.25, 0.3) is 0 Å². The second kappa shape index (κ2) is 7.16. The van der Waals surface area contributed by atoms with Crippen molar-refractivity contribution >= 4 is 23.2 Å². The Morgan fingerprint density at radius 1 is 0.963 bits per heavy atom. The lowest BCUT2D eigenvalue weighted by atomic mass is 9.92. The highest BCUT2D eigenvalue weighted by Gasteiger charge is 2.59. The van der Waals surface area contributed by atoms with Crippen LogP contribution in [-0.2, 0) is 14.4 Å².